The van der Waals surface area contributed by atoms with Gasteiger partial charge in [0.2, 0.25) is 11.8 Å². The van der Waals surface area contributed by atoms with Crippen LogP contribution < -0.4 is 5.32 Å². The second-order valence-electron chi connectivity index (χ2n) is 7.05. The third kappa shape index (κ3) is 7.65. The maximum Gasteiger partial charge on any atom is 0.242 e. The predicted molar refractivity (Wildman–Crippen MR) is 122 cm³/mol. The van der Waals surface area contributed by atoms with Crippen molar-refractivity contribution in [2.75, 3.05) is 12.3 Å². The number of hydrogen-bond donors (Lipinski definition) is 1. The number of nitrogens with zero attached hydrogens (tertiary/aromatic N) is 1. The minimum Gasteiger partial charge on any atom is -0.354 e. The van der Waals surface area contributed by atoms with Crippen LogP contribution in [0.25, 0.3) is 0 Å². The van der Waals surface area contributed by atoms with Gasteiger partial charge in [0.15, 0.2) is 0 Å². The second-order valence-corrected chi connectivity index (χ2v) is 8.47. The van der Waals surface area contributed by atoms with Gasteiger partial charge >= 0.3 is 0 Å². The summed E-state index contributed by atoms with van der Waals surface area (Å²) >= 11 is 7.29. The van der Waals surface area contributed by atoms with E-state index in [-0.39, 0.29) is 23.4 Å². The number of hydrogen-bond acceptors (Lipinski definition) is 3. The van der Waals surface area contributed by atoms with Gasteiger partial charge in [0.1, 0.15) is 11.9 Å². The molecule has 1 N–H and O–H groups in total. The van der Waals surface area contributed by atoms with E-state index in [2.05, 4.69) is 12.2 Å². The predicted octanol–water partition coefficient (Wildman–Crippen LogP) is 5.05. The number of amides is 2. The van der Waals surface area contributed by atoms with Gasteiger partial charge in [0.05, 0.1) is 5.75 Å². The van der Waals surface area contributed by atoms with Crippen molar-refractivity contribution < 1.29 is 14.0 Å². The first kappa shape index (κ1) is 24.2. The van der Waals surface area contributed by atoms with Crippen LogP contribution in [-0.4, -0.2) is 35.1 Å². The van der Waals surface area contributed by atoms with Crippen LogP contribution in [0.15, 0.2) is 48.5 Å². The van der Waals surface area contributed by atoms with Gasteiger partial charge in [0, 0.05) is 23.9 Å². The highest BCUT2D eigenvalue weighted by atomic mass is 35.5. The van der Waals surface area contributed by atoms with E-state index in [0.717, 1.165) is 18.4 Å². The normalized spacial score (nSPS) is 11.7. The molecule has 2 rings (SSSR count). The summed E-state index contributed by atoms with van der Waals surface area (Å²) in [5.74, 6) is -0.0628. The Bertz CT molecular complexity index is 832. The highest BCUT2D eigenvalue weighted by molar-refractivity contribution is 7.99. The molecule has 0 aliphatic rings. The van der Waals surface area contributed by atoms with Gasteiger partial charge in [-0.25, -0.2) is 4.39 Å². The third-order valence-corrected chi connectivity index (χ3v) is 5.92. The lowest BCUT2D eigenvalue weighted by Crippen LogP contribution is -2.48. The zero-order valence-electron chi connectivity index (χ0n) is 17.4. The summed E-state index contributed by atoms with van der Waals surface area (Å²) in [5, 5.41) is 3.51. The van der Waals surface area contributed by atoms with Gasteiger partial charge in [-0.1, -0.05) is 55.3 Å². The lowest BCUT2D eigenvalue weighted by Gasteiger charge is -2.29. The van der Waals surface area contributed by atoms with Crippen molar-refractivity contribution in [1.29, 1.82) is 0 Å². The molecule has 0 saturated heterocycles. The molecule has 1 atom stereocenters. The molecule has 162 valence electrons. The van der Waals surface area contributed by atoms with Gasteiger partial charge in [-0.2, -0.15) is 0 Å². The largest absolute Gasteiger partial charge is 0.354 e. The molecule has 2 aromatic carbocycles. The van der Waals surface area contributed by atoms with E-state index in [9.17, 15) is 14.0 Å². The van der Waals surface area contributed by atoms with Crippen LogP contribution in [0, 0.1) is 5.82 Å². The highest BCUT2D eigenvalue weighted by Crippen LogP contribution is 2.18. The summed E-state index contributed by atoms with van der Waals surface area (Å²) in [6.45, 7) is 4.68. The first-order valence-corrected chi connectivity index (χ1v) is 11.6. The van der Waals surface area contributed by atoms with E-state index in [1.54, 1.807) is 42.2 Å². The Hall–Kier alpha value is -2.05. The van der Waals surface area contributed by atoms with Crippen molar-refractivity contribution in [3.8, 4) is 0 Å². The van der Waals surface area contributed by atoms with Crippen molar-refractivity contribution in [2.45, 2.75) is 45.0 Å². The van der Waals surface area contributed by atoms with E-state index < -0.39 is 6.04 Å². The van der Waals surface area contributed by atoms with Crippen molar-refractivity contribution in [1.82, 2.24) is 10.2 Å². The maximum atomic E-state index is 13.8. The van der Waals surface area contributed by atoms with Crippen LogP contribution in [0.1, 0.15) is 37.8 Å². The Kier molecular flexibility index (Phi) is 10.2. The molecule has 0 aromatic heterocycles. The molecule has 0 radical (unpaired) electrons. The molecule has 0 unspecified atom stereocenters. The minimum atomic E-state index is -0.612. The molecule has 30 heavy (non-hydrogen) atoms. The fraction of sp³-hybridized carbons (Fsp3) is 0.391. The summed E-state index contributed by atoms with van der Waals surface area (Å²) in [6, 6.07) is 13.1. The Morgan fingerprint density at radius 3 is 2.53 bits per heavy atom. The number of thioether (sulfide) groups is 1. The Morgan fingerprint density at radius 1 is 1.17 bits per heavy atom. The third-order valence-electron chi connectivity index (χ3n) is 4.70. The summed E-state index contributed by atoms with van der Waals surface area (Å²) in [7, 11) is 0. The van der Waals surface area contributed by atoms with Crippen molar-refractivity contribution in [3.05, 3.63) is 70.5 Å². The summed E-state index contributed by atoms with van der Waals surface area (Å²) < 4.78 is 13.8. The molecule has 2 aromatic rings. The van der Waals surface area contributed by atoms with Gasteiger partial charge in [0.25, 0.3) is 0 Å². The number of nitrogens with one attached hydrogen (secondary N) is 1. The molecule has 0 fully saturated rings. The molecule has 4 nitrogen and oxygen atoms in total. The quantitative estimate of drug-likeness (QED) is 0.487. The number of carbonyl (C=O) groups is 2. The van der Waals surface area contributed by atoms with Crippen LogP contribution in [-0.2, 0) is 21.9 Å². The molecule has 0 heterocycles. The molecular formula is C23H28ClFN2O2S. The maximum absolute atomic E-state index is 13.8. The number of unbranched alkanes of at least 4 members (excludes halogenated alkanes) is 1. The average Bonchev–Trinajstić information content (AvgIpc) is 2.74. The summed E-state index contributed by atoms with van der Waals surface area (Å²) in [4.78, 5) is 27.1. The van der Waals surface area contributed by atoms with E-state index in [0.29, 0.717) is 29.4 Å². The topological polar surface area (TPSA) is 49.4 Å². The van der Waals surface area contributed by atoms with Crippen LogP contribution in [0.3, 0.4) is 0 Å². The average molecular weight is 451 g/mol. The zero-order valence-corrected chi connectivity index (χ0v) is 18.9. The minimum absolute atomic E-state index is 0.161. The van der Waals surface area contributed by atoms with Gasteiger partial charge in [-0.05, 0) is 42.7 Å². The molecule has 7 heteroatoms. The number of halogens is 2. The fourth-order valence-electron chi connectivity index (χ4n) is 2.85. The first-order chi connectivity index (χ1) is 14.4. The summed E-state index contributed by atoms with van der Waals surface area (Å²) in [5.41, 5.74) is 1.45. The van der Waals surface area contributed by atoms with Crippen molar-refractivity contribution in [3.63, 3.8) is 0 Å². The zero-order chi connectivity index (χ0) is 21.9. The molecule has 0 saturated carbocycles. The molecular weight excluding hydrogens is 423 g/mol. The fourth-order valence-corrected chi connectivity index (χ4v) is 3.87. The SMILES string of the molecule is CCCCNC(=O)[C@@H](C)N(Cc1ccc(Cl)cc1)C(=O)CSCc1ccccc1F. The van der Waals surface area contributed by atoms with Gasteiger partial charge < -0.3 is 10.2 Å². The van der Waals surface area contributed by atoms with Crippen LogP contribution in [0.2, 0.25) is 5.02 Å². The Morgan fingerprint density at radius 2 is 1.87 bits per heavy atom. The van der Waals surface area contributed by atoms with Gasteiger partial charge in [-0.3, -0.25) is 9.59 Å². The lowest BCUT2D eigenvalue weighted by molar-refractivity contribution is -0.138. The Balaban J connectivity index is 2.04. The highest BCUT2D eigenvalue weighted by Gasteiger charge is 2.25. The molecule has 0 aliphatic carbocycles. The standard InChI is InChI=1S/C23H28ClFN2O2S/c1-3-4-13-26-23(29)17(2)27(14-18-9-11-20(24)12-10-18)22(28)16-30-15-19-7-5-6-8-21(19)25/h5-12,17H,3-4,13-16H2,1-2H3,(H,26,29)/t17-/m1/s1. The van der Waals surface area contributed by atoms with E-state index in [1.807, 2.05) is 12.1 Å². The lowest BCUT2D eigenvalue weighted by atomic mass is 10.1. The second kappa shape index (κ2) is 12.6. The monoisotopic (exact) mass is 450 g/mol. The van der Waals surface area contributed by atoms with Crippen molar-refractivity contribution in [2.24, 2.45) is 0 Å². The number of carbonyl (C=O) groups excluding carboxylic acids is 2. The van der Waals surface area contributed by atoms with Crippen LogP contribution >= 0.6 is 23.4 Å². The smallest absolute Gasteiger partial charge is 0.242 e. The van der Waals surface area contributed by atoms with Crippen LogP contribution in [0.4, 0.5) is 4.39 Å². The first-order valence-electron chi connectivity index (χ1n) is 10.0. The Labute approximate surface area is 187 Å². The van der Waals surface area contributed by atoms with E-state index in [1.165, 1.54) is 17.8 Å². The molecule has 2 amide bonds. The van der Waals surface area contributed by atoms with E-state index >= 15 is 0 Å². The molecule has 0 spiro atoms. The number of rotatable bonds is 11. The van der Waals surface area contributed by atoms with Crippen molar-refractivity contribution >= 4 is 35.2 Å². The van der Waals surface area contributed by atoms with E-state index in [4.69, 9.17) is 11.6 Å². The van der Waals surface area contributed by atoms with Gasteiger partial charge in [-0.15, -0.1) is 11.8 Å². The summed E-state index contributed by atoms with van der Waals surface area (Å²) in [6.07, 6.45) is 1.87. The van der Waals surface area contributed by atoms with Crippen LogP contribution in [0.5, 0.6) is 0 Å². The molecule has 0 bridgehead atoms. The molecule has 0 aliphatic heterocycles. The number of benzene rings is 2.